The van der Waals surface area contributed by atoms with E-state index in [4.69, 9.17) is 16.3 Å². The summed E-state index contributed by atoms with van der Waals surface area (Å²) in [7, 11) is 0. The molecule has 1 aliphatic rings. The van der Waals surface area contributed by atoms with Crippen LogP contribution in [-0.4, -0.2) is 46.3 Å². The maximum atomic E-state index is 12.8. The highest BCUT2D eigenvalue weighted by molar-refractivity contribution is 6.33. The molecule has 1 atom stereocenters. The van der Waals surface area contributed by atoms with E-state index in [0.29, 0.717) is 29.4 Å². The van der Waals surface area contributed by atoms with Gasteiger partial charge in [-0.05, 0) is 50.1 Å². The molecule has 1 saturated heterocycles. The second-order valence-corrected chi connectivity index (χ2v) is 8.26. The minimum Gasteiger partial charge on any atom is -0.484 e. The number of carbonyl (C=O) groups excluding carboxylic acids is 2. The van der Waals surface area contributed by atoms with Crippen molar-refractivity contribution >= 4 is 23.3 Å². The number of rotatable bonds is 6. The fraction of sp³-hybridized carbons (Fsp3) is 0.280. The highest BCUT2D eigenvalue weighted by atomic mass is 35.5. The number of carbonyl (C=O) groups is 2. The number of likely N-dealkylation sites (tertiary alicyclic amines) is 1. The molecule has 4 rings (SSSR count). The lowest BCUT2D eigenvalue weighted by molar-refractivity contribution is -0.134. The van der Waals surface area contributed by atoms with Crippen LogP contribution in [0.1, 0.15) is 41.7 Å². The number of halogens is 1. The number of benzene rings is 2. The Kier molecular flexibility index (Phi) is 6.81. The van der Waals surface area contributed by atoms with Crippen molar-refractivity contribution < 1.29 is 14.3 Å². The van der Waals surface area contributed by atoms with Crippen molar-refractivity contribution in [2.45, 2.75) is 25.7 Å². The molecule has 3 aromatic rings. The quantitative estimate of drug-likeness (QED) is 0.506. The first-order valence-corrected chi connectivity index (χ1v) is 11.0. The summed E-state index contributed by atoms with van der Waals surface area (Å²) in [5, 5.41) is 0.650. The predicted octanol–water partition coefficient (Wildman–Crippen LogP) is 4.78. The van der Waals surface area contributed by atoms with E-state index >= 15 is 0 Å². The average Bonchev–Trinajstić information content (AvgIpc) is 2.83. The lowest BCUT2D eigenvalue weighted by Crippen LogP contribution is -2.41. The van der Waals surface area contributed by atoms with Crippen molar-refractivity contribution in [1.82, 2.24) is 14.9 Å². The monoisotopic (exact) mass is 449 g/mol. The van der Waals surface area contributed by atoms with E-state index in [0.717, 1.165) is 29.7 Å². The second-order valence-electron chi connectivity index (χ2n) is 7.85. The van der Waals surface area contributed by atoms with Crippen molar-refractivity contribution in [1.29, 1.82) is 0 Å². The molecule has 0 bridgehead atoms. The lowest BCUT2D eigenvalue weighted by atomic mass is 9.90. The van der Waals surface area contributed by atoms with Gasteiger partial charge in [0, 0.05) is 46.9 Å². The van der Waals surface area contributed by atoms with E-state index in [1.54, 1.807) is 36.8 Å². The highest BCUT2D eigenvalue weighted by Gasteiger charge is 2.28. The van der Waals surface area contributed by atoms with E-state index in [2.05, 4.69) is 9.97 Å². The molecule has 1 aliphatic heterocycles. The molecule has 0 radical (unpaired) electrons. The van der Waals surface area contributed by atoms with Crippen molar-refractivity contribution in [3.8, 4) is 16.9 Å². The number of aromatic nitrogens is 2. The lowest BCUT2D eigenvalue weighted by Gasteiger charge is -2.33. The first kappa shape index (κ1) is 22.0. The maximum absolute atomic E-state index is 12.8. The number of amides is 1. The van der Waals surface area contributed by atoms with Crippen LogP contribution in [-0.2, 0) is 4.79 Å². The smallest absolute Gasteiger partial charge is 0.260 e. The van der Waals surface area contributed by atoms with Gasteiger partial charge in [-0.3, -0.25) is 9.59 Å². The number of Topliss-reactive ketones (excluding diaryl/α,β-unsaturated/α-hetero) is 1. The minimum atomic E-state index is -0.0707. The zero-order valence-corrected chi connectivity index (χ0v) is 18.6. The number of ketones is 1. The van der Waals surface area contributed by atoms with Crippen LogP contribution in [0.15, 0.2) is 61.1 Å². The zero-order chi connectivity index (χ0) is 22.5. The molecule has 32 heavy (non-hydrogen) atoms. The SMILES string of the molecule is CC(=O)c1ccc(OCC(=O)N2CCC[C@H](c3ncncc3-c3ccccc3Cl)C2)cc1. The summed E-state index contributed by atoms with van der Waals surface area (Å²) in [5.41, 5.74) is 3.32. The summed E-state index contributed by atoms with van der Waals surface area (Å²) < 4.78 is 5.66. The molecule has 1 amide bonds. The Hall–Kier alpha value is -3.25. The number of ether oxygens (including phenoxy) is 1. The van der Waals surface area contributed by atoms with Crippen molar-refractivity contribution in [3.63, 3.8) is 0 Å². The first-order chi connectivity index (χ1) is 15.5. The Balaban J connectivity index is 1.44. The Labute approximate surface area is 192 Å². The van der Waals surface area contributed by atoms with Gasteiger partial charge in [0.2, 0.25) is 0 Å². The molecule has 0 unspecified atom stereocenters. The third-order valence-corrected chi connectivity index (χ3v) is 6.02. The number of piperidine rings is 1. The van der Waals surface area contributed by atoms with Crippen LogP contribution < -0.4 is 4.74 Å². The van der Waals surface area contributed by atoms with Crippen molar-refractivity contribution in [3.05, 3.63) is 77.3 Å². The van der Waals surface area contributed by atoms with Crippen LogP contribution in [0.2, 0.25) is 5.02 Å². The van der Waals surface area contributed by atoms with E-state index < -0.39 is 0 Å². The molecular formula is C25H24ClN3O3. The first-order valence-electron chi connectivity index (χ1n) is 10.6. The van der Waals surface area contributed by atoms with Gasteiger partial charge in [0.25, 0.3) is 5.91 Å². The number of hydrogen-bond acceptors (Lipinski definition) is 5. The van der Waals surface area contributed by atoms with Crippen LogP contribution in [0.25, 0.3) is 11.1 Å². The van der Waals surface area contributed by atoms with E-state index in [1.165, 1.54) is 6.92 Å². The summed E-state index contributed by atoms with van der Waals surface area (Å²) in [4.78, 5) is 34.8. The third kappa shape index (κ3) is 4.97. The Bertz CT molecular complexity index is 1120. The molecule has 164 valence electrons. The molecule has 0 saturated carbocycles. The number of hydrogen-bond donors (Lipinski definition) is 0. The summed E-state index contributed by atoms with van der Waals surface area (Å²) >= 11 is 6.42. The van der Waals surface area contributed by atoms with Gasteiger partial charge in [-0.1, -0.05) is 29.8 Å². The minimum absolute atomic E-state index is 0.00661. The Morgan fingerprint density at radius 3 is 2.66 bits per heavy atom. The van der Waals surface area contributed by atoms with Crippen LogP contribution in [0, 0.1) is 0 Å². The van der Waals surface area contributed by atoms with Gasteiger partial charge in [-0.15, -0.1) is 0 Å². The van der Waals surface area contributed by atoms with Crippen LogP contribution in [0.5, 0.6) is 5.75 Å². The third-order valence-electron chi connectivity index (χ3n) is 5.69. The van der Waals surface area contributed by atoms with Gasteiger partial charge in [-0.25, -0.2) is 9.97 Å². The van der Waals surface area contributed by atoms with E-state index in [-0.39, 0.29) is 24.2 Å². The molecule has 7 heteroatoms. The summed E-state index contributed by atoms with van der Waals surface area (Å²) in [6.07, 6.45) is 5.16. The van der Waals surface area contributed by atoms with Crippen LogP contribution in [0.4, 0.5) is 0 Å². The molecule has 0 spiro atoms. The highest BCUT2D eigenvalue weighted by Crippen LogP contribution is 2.35. The molecule has 2 aromatic carbocycles. The normalized spacial score (nSPS) is 15.9. The molecule has 1 fully saturated rings. The summed E-state index contributed by atoms with van der Waals surface area (Å²) in [5.74, 6) is 0.581. The van der Waals surface area contributed by atoms with E-state index in [9.17, 15) is 9.59 Å². The Morgan fingerprint density at radius 2 is 1.91 bits per heavy atom. The zero-order valence-electron chi connectivity index (χ0n) is 17.8. The van der Waals surface area contributed by atoms with Gasteiger partial charge in [0.05, 0.1) is 5.69 Å². The van der Waals surface area contributed by atoms with Gasteiger partial charge >= 0.3 is 0 Å². The summed E-state index contributed by atoms with van der Waals surface area (Å²) in [6.45, 7) is 2.72. The molecule has 0 N–H and O–H groups in total. The van der Waals surface area contributed by atoms with Gasteiger partial charge in [0.15, 0.2) is 12.4 Å². The van der Waals surface area contributed by atoms with Crippen molar-refractivity contribution in [2.75, 3.05) is 19.7 Å². The van der Waals surface area contributed by atoms with Gasteiger partial charge < -0.3 is 9.64 Å². The van der Waals surface area contributed by atoms with Gasteiger partial charge in [0.1, 0.15) is 12.1 Å². The Morgan fingerprint density at radius 1 is 1.12 bits per heavy atom. The average molecular weight is 450 g/mol. The number of nitrogens with zero attached hydrogens (tertiary/aromatic N) is 3. The second kappa shape index (κ2) is 9.92. The molecule has 0 aliphatic carbocycles. The maximum Gasteiger partial charge on any atom is 0.260 e. The van der Waals surface area contributed by atoms with Crippen molar-refractivity contribution in [2.24, 2.45) is 0 Å². The summed E-state index contributed by atoms with van der Waals surface area (Å²) in [6, 6.07) is 14.5. The van der Waals surface area contributed by atoms with Gasteiger partial charge in [-0.2, -0.15) is 0 Å². The topological polar surface area (TPSA) is 72.4 Å². The molecular weight excluding hydrogens is 426 g/mol. The largest absolute Gasteiger partial charge is 0.484 e. The van der Waals surface area contributed by atoms with E-state index in [1.807, 2.05) is 29.2 Å². The molecule has 2 heterocycles. The van der Waals surface area contributed by atoms with Crippen LogP contribution >= 0.6 is 11.6 Å². The van der Waals surface area contributed by atoms with Crippen LogP contribution in [0.3, 0.4) is 0 Å². The predicted molar refractivity (Wildman–Crippen MR) is 123 cm³/mol. The molecule has 1 aromatic heterocycles. The molecule has 6 nitrogen and oxygen atoms in total. The fourth-order valence-corrected chi connectivity index (χ4v) is 4.24. The fourth-order valence-electron chi connectivity index (χ4n) is 4.00. The standard InChI is InChI=1S/C25H24ClN3O3/c1-17(30)18-8-10-20(11-9-18)32-15-24(31)29-12-4-5-19(14-29)25-22(13-27-16-28-25)21-6-2-3-7-23(21)26/h2-3,6-11,13,16,19H,4-5,12,14-15H2,1H3/t19-/m0/s1.